The number of Topliss-reactive ketones (excluding diaryl/α,β-unsaturated/α-hetero) is 1. The molecule has 3 aliphatic heterocycles. The molecule has 45 heavy (non-hydrogen) atoms. The van der Waals surface area contributed by atoms with Crippen LogP contribution in [0, 0.1) is 12.8 Å². The number of benzene rings is 3. The molecule has 0 spiro atoms. The molecule has 6 heteroatoms. The first-order chi connectivity index (χ1) is 22.1. The summed E-state index contributed by atoms with van der Waals surface area (Å²) in [6.07, 6.45) is 8.02. The summed E-state index contributed by atoms with van der Waals surface area (Å²) in [6, 6.07) is 29.6. The second-order valence-corrected chi connectivity index (χ2v) is 14.1. The van der Waals surface area contributed by atoms with Crippen molar-refractivity contribution in [2.45, 2.75) is 87.9 Å². The van der Waals surface area contributed by atoms with Gasteiger partial charge in [0.05, 0.1) is 24.2 Å². The van der Waals surface area contributed by atoms with E-state index in [4.69, 9.17) is 9.72 Å². The van der Waals surface area contributed by atoms with Gasteiger partial charge in [-0.25, -0.2) is 4.98 Å². The summed E-state index contributed by atoms with van der Waals surface area (Å²) in [5.74, 6) is 3.43. The van der Waals surface area contributed by atoms with E-state index in [1.54, 1.807) is 7.11 Å². The number of fused-ring (bicyclic) bond motifs is 3. The van der Waals surface area contributed by atoms with Gasteiger partial charge in [0.2, 0.25) is 0 Å². The number of ketones is 1. The number of piperidine rings is 2. The van der Waals surface area contributed by atoms with Crippen molar-refractivity contribution in [3.8, 4) is 5.75 Å². The largest absolute Gasteiger partial charge is 0.497 e. The summed E-state index contributed by atoms with van der Waals surface area (Å²) in [7, 11) is 1.70. The Labute approximate surface area is 267 Å². The summed E-state index contributed by atoms with van der Waals surface area (Å²) in [6.45, 7) is 5.23. The Morgan fingerprint density at radius 1 is 0.800 bits per heavy atom. The van der Waals surface area contributed by atoms with E-state index in [2.05, 4.69) is 88.0 Å². The molecule has 1 saturated carbocycles. The standard InChI is InChI=1S/C39H46N4O2/c1-26-40-36-10-6-7-11-37(36)43(26)32-23-30-14-15-31(24-32)42(30)21-20-41-19-18-29(27-8-4-3-5-9-27)22-38(41)39(44)35-25-34(35)28-12-16-33(45-2)17-13-28/h3-13,16-17,29-32,34-35,38H,14-15,18-25H2,1-2H3/t29?,30-,31+,32?,34-,35+,38?/m0/s1. The van der Waals surface area contributed by atoms with Crippen LogP contribution >= 0.6 is 0 Å². The number of carbonyl (C=O) groups excluding carboxylic acids is 1. The lowest BCUT2D eigenvalue weighted by molar-refractivity contribution is -0.127. The maximum absolute atomic E-state index is 14.3. The van der Waals surface area contributed by atoms with Crippen LogP contribution < -0.4 is 4.74 Å². The highest BCUT2D eigenvalue weighted by atomic mass is 16.5. The Kier molecular flexibility index (Phi) is 7.74. The van der Waals surface area contributed by atoms with Gasteiger partial charge in [-0.2, -0.15) is 0 Å². The number of ether oxygens (including phenoxy) is 1. The molecule has 3 unspecified atom stereocenters. The number of aromatic nitrogens is 2. The molecule has 4 aliphatic rings. The third-order valence-electron chi connectivity index (χ3n) is 11.7. The number of carbonyl (C=O) groups is 1. The molecule has 3 aromatic carbocycles. The molecule has 1 aliphatic carbocycles. The van der Waals surface area contributed by atoms with Crippen molar-refractivity contribution in [2.75, 3.05) is 26.7 Å². The van der Waals surface area contributed by atoms with E-state index in [-0.39, 0.29) is 12.0 Å². The number of rotatable bonds is 9. The van der Waals surface area contributed by atoms with E-state index in [0.717, 1.165) is 56.0 Å². The third-order valence-corrected chi connectivity index (χ3v) is 11.7. The number of likely N-dealkylation sites (tertiary alicyclic amines) is 1. The molecule has 1 aromatic heterocycles. The molecular formula is C39H46N4O2. The average molecular weight is 603 g/mol. The van der Waals surface area contributed by atoms with Crippen molar-refractivity contribution >= 4 is 16.8 Å². The molecule has 0 N–H and O–H groups in total. The van der Waals surface area contributed by atoms with Crippen LogP contribution in [0.1, 0.15) is 79.8 Å². The van der Waals surface area contributed by atoms with Crippen molar-refractivity contribution in [2.24, 2.45) is 5.92 Å². The average Bonchev–Trinajstić information content (AvgIpc) is 3.76. The summed E-state index contributed by atoms with van der Waals surface area (Å²) in [5.41, 5.74) is 5.06. The molecule has 234 valence electrons. The van der Waals surface area contributed by atoms with Crippen molar-refractivity contribution < 1.29 is 9.53 Å². The quantitative estimate of drug-likeness (QED) is 0.204. The van der Waals surface area contributed by atoms with Crippen molar-refractivity contribution in [3.63, 3.8) is 0 Å². The van der Waals surface area contributed by atoms with Gasteiger partial charge < -0.3 is 9.30 Å². The van der Waals surface area contributed by atoms with Crippen LogP contribution in [0.15, 0.2) is 78.9 Å². The highest BCUT2D eigenvalue weighted by Gasteiger charge is 2.49. The fraction of sp³-hybridized carbons (Fsp3) is 0.487. The normalized spacial score (nSPS) is 30.0. The Morgan fingerprint density at radius 3 is 2.29 bits per heavy atom. The summed E-state index contributed by atoms with van der Waals surface area (Å²) >= 11 is 0. The van der Waals surface area contributed by atoms with Crippen molar-refractivity contribution in [1.29, 1.82) is 0 Å². The van der Waals surface area contributed by atoms with E-state index < -0.39 is 0 Å². The zero-order chi connectivity index (χ0) is 30.5. The van der Waals surface area contributed by atoms with Gasteiger partial charge in [0, 0.05) is 37.1 Å². The van der Waals surface area contributed by atoms with Crippen molar-refractivity contribution in [1.82, 2.24) is 19.4 Å². The summed E-state index contributed by atoms with van der Waals surface area (Å²) in [5, 5.41) is 0. The van der Waals surface area contributed by atoms with Gasteiger partial charge in [-0.1, -0.05) is 54.6 Å². The number of methoxy groups -OCH3 is 1. The summed E-state index contributed by atoms with van der Waals surface area (Å²) in [4.78, 5) is 24.5. The van der Waals surface area contributed by atoms with E-state index >= 15 is 0 Å². The van der Waals surface area contributed by atoms with Crippen LogP contribution in [0.2, 0.25) is 0 Å². The number of hydrogen-bond donors (Lipinski definition) is 0. The first-order valence-corrected chi connectivity index (χ1v) is 17.2. The number of imidazole rings is 1. The van der Waals surface area contributed by atoms with Crippen LogP contribution in [-0.2, 0) is 4.79 Å². The van der Waals surface area contributed by atoms with Gasteiger partial charge in [0.25, 0.3) is 0 Å². The Balaban J connectivity index is 0.963. The molecule has 4 fully saturated rings. The molecule has 4 heterocycles. The fourth-order valence-corrected chi connectivity index (χ4v) is 9.27. The molecule has 0 amide bonds. The lowest BCUT2D eigenvalue weighted by Gasteiger charge is -2.43. The highest BCUT2D eigenvalue weighted by molar-refractivity contribution is 5.90. The highest BCUT2D eigenvalue weighted by Crippen LogP contribution is 2.50. The Morgan fingerprint density at radius 2 is 1.53 bits per heavy atom. The zero-order valence-corrected chi connectivity index (χ0v) is 26.7. The summed E-state index contributed by atoms with van der Waals surface area (Å²) < 4.78 is 7.89. The van der Waals surface area contributed by atoms with Gasteiger partial charge >= 0.3 is 0 Å². The van der Waals surface area contributed by atoms with Crippen LogP contribution in [0.25, 0.3) is 11.0 Å². The third kappa shape index (κ3) is 5.50. The zero-order valence-electron chi connectivity index (χ0n) is 26.7. The first kappa shape index (κ1) is 29.0. The van der Waals surface area contributed by atoms with Gasteiger partial charge in [-0.05, 0) is 106 Å². The fourth-order valence-electron chi connectivity index (χ4n) is 9.27. The van der Waals surface area contributed by atoms with E-state index in [1.807, 2.05) is 12.1 Å². The molecule has 2 bridgehead atoms. The molecule has 7 atom stereocenters. The minimum Gasteiger partial charge on any atom is -0.497 e. The monoisotopic (exact) mass is 602 g/mol. The Bertz CT molecular complexity index is 1630. The van der Waals surface area contributed by atoms with Crippen LogP contribution in [0.3, 0.4) is 0 Å². The van der Waals surface area contributed by atoms with Crippen molar-refractivity contribution in [3.05, 3.63) is 95.8 Å². The van der Waals surface area contributed by atoms with Gasteiger partial charge in [0.15, 0.2) is 5.78 Å². The molecule has 3 saturated heterocycles. The predicted octanol–water partition coefficient (Wildman–Crippen LogP) is 7.14. The predicted molar refractivity (Wildman–Crippen MR) is 179 cm³/mol. The maximum atomic E-state index is 14.3. The second kappa shape index (κ2) is 12.0. The molecule has 0 radical (unpaired) electrons. The van der Waals surface area contributed by atoms with Crippen LogP contribution in [0.4, 0.5) is 0 Å². The number of aryl methyl sites for hydroxylation is 1. The Hall–Kier alpha value is -3.48. The molecule has 4 aromatic rings. The van der Waals surface area contributed by atoms with E-state index in [0.29, 0.717) is 35.7 Å². The van der Waals surface area contributed by atoms with Gasteiger partial charge in [-0.3, -0.25) is 14.6 Å². The maximum Gasteiger partial charge on any atom is 0.153 e. The minimum atomic E-state index is 0.00681. The molecular weight excluding hydrogens is 556 g/mol. The lowest BCUT2D eigenvalue weighted by atomic mass is 9.82. The second-order valence-electron chi connectivity index (χ2n) is 14.1. The molecule has 8 rings (SSSR count). The van der Waals surface area contributed by atoms with Crippen LogP contribution in [0.5, 0.6) is 5.75 Å². The topological polar surface area (TPSA) is 50.6 Å². The minimum absolute atomic E-state index is 0.00681. The number of hydrogen-bond acceptors (Lipinski definition) is 5. The first-order valence-electron chi connectivity index (χ1n) is 17.2. The van der Waals surface area contributed by atoms with Gasteiger partial charge in [-0.15, -0.1) is 0 Å². The molecule has 6 nitrogen and oxygen atoms in total. The number of para-hydroxylation sites is 2. The van der Waals surface area contributed by atoms with Gasteiger partial charge in [0.1, 0.15) is 11.6 Å². The lowest BCUT2D eigenvalue weighted by Crippen LogP contribution is -2.52. The van der Waals surface area contributed by atoms with E-state index in [1.165, 1.54) is 42.3 Å². The van der Waals surface area contributed by atoms with Crippen LogP contribution in [-0.4, -0.2) is 70.0 Å². The number of nitrogens with zero attached hydrogens (tertiary/aromatic N) is 4. The SMILES string of the molecule is COc1ccc([C@@H]2C[C@H]2C(=O)C2CC(c3ccccc3)CCN2CCN2[C@@H]3CC[C@H]2CC(n2c(C)nc4ccccc42)C3)cc1. The smallest absolute Gasteiger partial charge is 0.153 e. The van der Waals surface area contributed by atoms with E-state index in [9.17, 15) is 4.79 Å².